The summed E-state index contributed by atoms with van der Waals surface area (Å²) in [6.07, 6.45) is 0. The van der Waals surface area contributed by atoms with E-state index in [2.05, 4.69) is 15.3 Å². The molecule has 0 fully saturated rings. The second-order valence-corrected chi connectivity index (χ2v) is 7.47. The van der Waals surface area contributed by atoms with Crippen molar-refractivity contribution in [3.63, 3.8) is 0 Å². The van der Waals surface area contributed by atoms with Crippen LogP contribution in [0, 0.1) is 19.7 Å². The smallest absolute Gasteiger partial charge is 0.252 e. The van der Waals surface area contributed by atoms with Gasteiger partial charge in [-0.1, -0.05) is 24.3 Å². The molecule has 2 heterocycles. The minimum absolute atomic E-state index is 0.272. The van der Waals surface area contributed by atoms with E-state index in [-0.39, 0.29) is 5.91 Å². The lowest BCUT2D eigenvalue weighted by Gasteiger charge is -2.08. The van der Waals surface area contributed by atoms with Crippen molar-refractivity contribution >= 4 is 28.1 Å². The van der Waals surface area contributed by atoms with Crippen LogP contribution >= 0.6 is 11.3 Å². The zero-order valence-corrected chi connectivity index (χ0v) is 16.3. The van der Waals surface area contributed by atoms with Crippen LogP contribution in [0.25, 0.3) is 21.5 Å². The van der Waals surface area contributed by atoms with Crippen LogP contribution in [0.4, 0.5) is 4.39 Å². The van der Waals surface area contributed by atoms with Crippen LogP contribution in [-0.4, -0.2) is 15.9 Å². The lowest BCUT2D eigenvalue weighted by molar-refractivity contribution is 0.0952. The molecule has 0 saturated carbocycles. The first-order valence-electron chi connectivity index (χ1n) is 8.87. The minimum Gasteiger partial charge on any atom is -0.346 e. The number of halogens is 1. The second-order valence-electron chi connectivity index (χ2n) is 6.61. The number of fused-ring (bicyclic) bond motifs is 1. The summed E-state index contributed by atoms with van der Waals surface area (Å²) in [4.78, 5) is 21.7. The van der Waals surface area contributed by atoms with Crippen molar-refractivity contribution in [1.29, 1.82) is 0 Å². The highest BCUT2D eigenvalue weighted by molar-refractivity contribution is 7.13. The normalized spacial score (nSPS) is 11.0. The predicted molar refractivity (Wildman–Crippen MR) is 110 cm³/mol. The SMILES string of the molecule is Cc1cc(C(=O)NCc2csc(-c3ccccc3C)n2)c2cc(F)ccc2n1. The Morgan fingerprint density at radius 2 is 1.93 bits per heavy atom. The van der Waals surface area contributed by atoms with Crippen molar-refractivity contribution in [1.82, 2.24) is 15.3 Å². The van der Waals surface area contributed by atoms with Gasteiger partial charge in [0.1, 0.15) is 10.8 Å². The second kappa shape index (κ2) is 7.48. The van der Waals surface area contributed by atoms with Gasteiger partial charge in [-0.15, -0.1) is 11.3 Å². The Morgan fingerprint density at radius 1 is 1.11 bits per heavy atom. The summed E-state index contributed by atoms with van der Waals surface area (Å²) in [6.45, 7) is 4.17. The molecule has 0 unspecified atom stereocenters. The highest BCUT2D eigenvalue weighted by atomic mass is 32.1. The van der Waals surface area contributed by atoms with Crippen molar-refractivity contribution in [3.8, 4) is 10.6 Å². The Balaban J connectivity index is 1.55. The van der Waals surface area contributed by atoms with E-state index in [4.69, 9.17) is 0 Å². The van der Waals surface area contributed by atoms with Crippen molar-refractivity contribution in [3.05, 3.63) is 82.2 Å². The van der Waals surface area contributed by atoms with Crippen molar-refractivity contribution in [2.24, 2.45) is 0 Å². The molecule has 2 aromatic heterocycles. The van der Waals surface area contributed by atoms with Gasteiger partial charge in [-0.2, -0.15) is 0 Å². The number of hydrogen-bond acceptors (Lipinski definition) is 4. The van der Waals surface area contributed by atoms with Crippen molar-refractivity contribution in [2.75, 3.05) is 0 Å². The van der Waals surface area contributed by atoms with Crippen LogP contribution in [0.5, 0.6) is 0 Å². The molecule has 0 aliphatic carbocycles. The zero-order valence-electron chi connectivity index (χ0n) is 15.5. The molecular weight excluding hydrogens is 373 g/mol. The largest absolute Gasteiger partial charge is 0.346 e. The fraction of sp³-hybridized carbons (Fsp3) is 0.136. The van der Waals surface area contributed by atoms with Gasteiger partial charge in [-0.25, -0.2) is 9.37 Å². The molecule has 0 saturated heterocycles. The number of aromatic nitrogens is 2. The maximum Gasteiger partial charge on any atom is 0.252 e. The van der Waals surface area contributed by atoms with Crippen LogP contribution in [0.1, 0.15) is 27.3 Å². The molecule has 4 rings (SSSR count). The topological polar surface area (TPSA) is 54.9 Å². The highest BCUT2D eigenvalue weighted by Gasteiger charge is 2.14. The van der Waals surface area contributed by atoms with E-state index in [1.807, 2.05) is 43.5 Å². The molecule has 4 aromatic rings. The zero-order chi connectivity index (χ0) is 19.7. The summed E-state index contributed by atoms with van der Waals surface area (Å²) in [5.41, 5.74) is 4.76. The lowest BCUT2D eigenvalue weighted by atomic mass is 10.1. The number of rotatable bonds is 4. The molecule has 0 aliphatic heterocycles. The number of nitrogens with zero attached hydrogens (tertiary/aromatic N) is 2. The average molecular weight is 391 g/mol. The van der Waals surface area contributed by atoms with Crippen LogP contribution in [0.2, 0.25) is 0 Å². The first kappa shape index (κ1) is 18.3. The monoisotopic (exact) mass is 391 g/mol. The predicted octanol–water partition coefficient (Wildman–Crippen LogP) is 5.04. The molecule has 2 aromatic carbocycles. The molecule has 0 atom stereocenters. The number of hydrogen-bond donors (Lipinski definition) is 1. The standard InChI is InChI=1S/C22H18FN3OS/c1-13-5-3-4-6-17(13)22-26-16(12-28-22)11-24-21(27)19-9-14(2)25-20-8-7-15(23)10-18(19)20/h3-10,12H,11H2,1-2H3,(H,24,27). The highest BCUT2D eigenvalue weighted by Crippen LogP contribution is 2.26. The fourth-order valence-corrected chi connectivity index (χ4v) is 4.02. The molecule has 28 heavy (non-hydrogen) atoms. The molecule has 0 radical (unpaired) electrons. The summed E-state index contributed by atoms with van der Waals surface area (Å²) < 4.78 is 13.7. The summed E-state index contributed by atoms with van der Waals surface area (Å²) in [5.74, 6) is -0.666. The number of amides is 1. The number of aryl methyl sites for hydroxylation is 2. The van der Waals surface area contributed by atoms with E-state index in [1.165, 1.54) is 12.1 Å². The third-order valence-electron chi connectivity index (χ3n) is 4.50. The van der Waals surface area contributed by atoms with Gasteiger partial charge in [0.05, 0.1) is 23.3 Å². The fourth-order valence-electron chi connectivity index (χ4n) is 3.11. The maximum atomic E-state index is 13.7. The molecule has 6 heteroatoms. The molecule has 0 aliphatic rings. The van der Waals surface area contributed by atoms with Gasteiger partial charge in [0.25, 0.3) is 5.91 Å². The molecule has 140 valence electrons. The van der Waals surface area contributed by atoms with Gasteiger partial charge < -0.3 is 5.32 Å². The van der Waals surface area contributed by atoms with Gasteiger partial charge in [0.2, 0.25) is 0 Å². The molecule has 1 N–H and O–H groups in total. The van der Waals surface area contributed by atoms with Crippen LogP contribution in [0.15, 0.2) is 53.9 Å². The van der Waals surface area contributed by atoms with Gasteiger partial charge in [-0.3, -0.25) is 9.78 Å². The summed E-state index contributed by atoms with van der Waals surface area (Å²) in [6, 6.07) is 14.0. The van der Waals surface area contributed by atoms with Crippen LogP contribution < -0.4 is 5.32 Å². The molecule has 4 nitrogen and oxygen atoms in total. The van der Waals surface area contributed by atoms with Gasteiger partial charge in [0, 0.05) is 22.0 Å². The number of nitrogens with one attached hydrogen (secondary N) is 1. The summed E-state index contributed by atoms with van der Waals surface area (Å²) >= 11 is 1.55. The van der Waals surface area contributed by atoms with Crippen molar-refractivity contribution < 1.29 is 9.18 Å². The molecule has 1 amide bonds. The number of carbonyl (C=O) groups is 1. The van der Waals surface area contributed by atoms with E-state index in [1.54, 1.807) is 23.5 Å². The van der Waals surface area contributed by atoms with Crippen LogP contribution in [0.3, 0.4) is 0 Å². The molecule has 0 bridgehead atoms. The van der Waals surface area contributed by atoms with E-state index in [0.717, 1.165) is 21.8 Å². The van der Waals surface area contributed by atoms with E-state index in [0.29, 0.717) is 28.7 Å². The van der Waals surface area contributed by atoms with Crippen molar-refractivity contribution in [2.45, 2.75) is 20.4 Å². The average Bonchev–Trinajstić information content (AvgIpc) is 3.15. The third-order valence-corrected chi connectivity index (χ3v) is 5.43. The van der Waals surface area contributed by atoms with E-state index < -0.39 is 5.82 Å². The van der Waals surface area contributed by atoms with E-state index >= 15 is 0 Å². The molecule has 0 spiro atoms. The Bertz CT molecular complexity index is 1190. The summed E-state index contributed by atoms with van der Waals surface area (Å²) in [5, 5.41) is 6.26. The number of carbonyl (C=O) groups excluding carboxylic acids is 1. The molecular formula is C22H18FN3OS. The Morgan fingerprint density at radius 3 is 2.75 bits per heavy atom. The number of benzene rings is 2. The van der Waals surface area contributed by atoms with Crippen LogP contribution in [-0.2, 0) is 6.54 Å². The quantitative estimate of drug-likeness (QED) is 0.530. The Hall–Kier alpha value is -3.12. The lowest BCUT2D eigenvalue weighted by Crippen LogP contribution is -2.23. The minimum atomic E-state index is -0.394. The summed E-state index contributed by atoms with van der Waals surface area (Å²) in [7, 11) is 0. The van der Waals surface area contributed by atoms with Gasteiger partial charge >= 0.3 is 0 Å². The van der Waals surface area contributed by atoms with E-state index in [9.17, 15) is 9.18 Å². The van der Waals surface area contributed by atoms with Gasteiger partial charge in [0.15, 0.2) is 0 Å². The Labute approximate surface area is 166 Å². The maximum absolute atomic E-state index is 13.7. The first-order chi connectivity index (χ1) is 13.5. The van der Waals surface area contributed by atoms with Gasteiger partial charge in [-0.05, 0) is 43.7 Å². The third kappa shape index (κ3) is 3.64. The Kier molecular flexibility index (Phi) is 4.88. The number of thiazole rings is 1. The first-order valence-corrected chi connectivity index (χ1v) is 9.75. The number of pyridine rings is 1.